The third-order valence-corrected chi connectivity index (χ3v) is 16.6. The molecule has 0 amide bonds. The Bertz CT molecular complexity index is 4170. The average molecular weight is 953 g/mol. The first-order valence-corrected chi connectivity index (χ1v) is 24.9. The van der Waals surface area contributed by atoms with E-state index in [0.717, 1.165) is 79.7 Å². The Kier molecular flexibility index (Phi) is 8.88. The number of benzene rings is 7. The van der Waals surface area contributed by atoms with Crippen LogP contribution in [-0.4, -0.2) is 9.97 Å². The number of pyridine rings is 2. The van der Waals surface area contributed by atoms with Crippen molar-refractivity contribution in [3.8, 4) is 67.4 Å². The van der Waals surface area contributed by atoms with E-state index in [1.165, 1.54) is 12.1 Å². The molecule has 1 fully saturated rings. The van der Waals surface area contributed by atoms with Gasteiger partial charge in [-0.25, -0.2) is 0 Å². The fourth-order valence-electron chi connectivity index (χ4n) is 11.2. The van der Waals surface area contributed by atoms with E-state index in [4.69, 9.17) is 26.5 Å². The predicted molar refractivity (Wildman–Crippen MR) is 302 cm³/mol. The maximum Gasteiger partial charge on any atom is 0.145 e. The van der Waals surface area contributed by atoms with Crippen LogP contribution < -0.4 is 4.74 Å². The molecule has 4 nitrogen and oxygen atoms in total. The second-order valence-corrected chi connectivity index (χ2v) is 21.9. The molecule has 1 aliphatic rings. The molecule has 0 N–H and O–H groups in total. The van der Waals surface area contributed by atoms with E-state index < -0.39 is 32.0 Å². The smallest absolute Gasteiger partial charge is 0.145 e. The van der Waals surface area contributed by atoms with Gasteiger partial charge in [0.25, 0.3) is 0 Å². The molecule has 0 aliphatic heterocycles. The highest BCUT2D eigenvalue weighted by atomic mass is 16.5. The Labute approximate surface area is 440 Å². The fraction of sp³-hybridized carbons (Fsp3) is 0.265. The lowest BCUT2D eigenvalue weighted by atomic mass is 9.46. The summed E-state index contributed by atoms with van der Waals surface area (Å²) in [5.41, 5.74) is 11.1. The standard InChI is InChI=1S/C68H66N2O2/c1-40-28-61(69-38-43(40)4)51-30-57(46-18-14-13-15-19-46)45(6)63(32-51)71-53-33-59-58-29-47-20-16-17-21-48(47)31-64(58)72-65(59)60(34-53)62-35-56(44(5)39-70-62)55-25-23-50(27-42(55)3)54-24-22-49(26-41(54)2)52-36-66(7,8)68(11,12)67(9,10)37-52/h13-35,38-39,52H,36-37H2,1-12H3/i1D3,4D3,6D3,52D. The van der Waals surface area contributed by atoms with Gasteiger partial charge in [0.05, 0.1) is 11.4 Å². The maximum absolute atomic E-state index is 9.92. The molecule has 0 bridgehead atoms. The third kappa shape index (κ3) is 8.10. The highest BCUT2D eigenvalue weighted by molar-refractivity contribution is 6.13. The number of rotatable bonds is 8. The fourth-order valence-corrected chi connectivity index (χ4v) is 11.2. The molecular weight excluding hydrogens is 877 g/mol. The van der Waals surface area contributed by atoms with E-state index in [9.17, 15) is 1.37 Å². The lowest BCUT2D eigenvalue weighted by Gasteiger charge is -2.59. The van der Waals surface area contributed by atoms with E-state index >= 15 is 0 Å². The lowest BCUT2D eigenvalue weighted by Crippen LogP contribution is -2.49. The van der Waals surface area contributed by atoms with Crippen molar-refractivity contribution in [3.63, 3.8) is 0 Å². The van der Waals surface area contributed by atoms with Crippen LogP contribution in [0.1, 0.15) is 113 Å². The van der Waals surface area contributed by atoms with Crippen molar-refractivity contribution in [1.82, 2.24) is 9.97 Å². The first-order chi connectivity index (χ1) is 38.3. The van der Waals surface area contributed by atoms with Crippen molar-refractivity contribution < 1.29 is 22.9 Å². The Hall–Kier alpha value is -7.30. The van der Waals surface area contributed by atoms with Crippen LogP contribution in [0.4, 0.5) is 0 Å². The monoisotopic (exact) mass is 953 g/mol. The van der Waals surface area contributed by atoms with E-state index in [-0.39, 0.29) is 44.6 Å². The zero-order valence-electron chi connectivity index (χ0n) is 52.6. The number of furan rings is 1. The van der Waals surface area contributed by atoms with Gasteiger partial charge in [0, 0.05) is 48.0 Å². The van der Waals surface area contributed by atoms with Gasteiger partial charge in [-0.15, -0.1) is 0 Å². The predicted octanol–water partition coefficient (Wildman–Crippen LogP) is 19.5. The molecule has 4 heteroatoms. The topological polar surface area (TPSA) is 48.2 Å². The molecule has 10 aromatic rings. The van der Waals surface area contributed by atoms with Crippen molar-refractivity contribution in [2.75, 3.05) is 0 Å². The minimum absolute atomic E-state index is 0.0341. The summed E-state index contributed by atoms with van der Waals surface area (Å²) in [6.45, 7) is 12.0. The van der Waals surface area contributed by atoms with Gasteiger partial charge in [-0.3, -0.25) is 9.97 Å². The second-order valence-electron chi connectivity index (χ2n) is 21.9. The zero-order chi connectivity index (χ0) is 58.9. The Morgan fingerprint density at radius 3 is 1.94 bits per heavy atom. The largest absolute Gasteiger partial charge is 0.457 e. The average Bonchev–Trinajstić information content (AvgIpc) is 1.47. The summed E-state index contributed by atoms with van der Waals surface area (Å²) in [5, 5.41) is 3.49. The van der Waals surface area contributed by atoms with E-state index in [1.807, 2.05) is 55.6 Å². The lowest BCUT2D eigenvalue weighted by molar-refractivity contribution is -0.0744. The van der Waals surface area contributed by atoms with Gasteiger partial charge in [0.2, 0.25) is 0 Å². The highest BCUT2D eigenvalue weighted by Gasteiger charge is 2.53. The zero-order valence-corrected chi connectivity index (χ0v) is 42.6. The van der Waals surface area contributed by atoms with Crippen LogP contribution in [0.3, 0.4) is 0 Å². The molecule has 0 saturated heterocycles. The van der Waals surface area contributed by atoms with Crippen LogP contribution in [0.25, 0.3) is 88.6 Å². The Morgan fingerprint density at radius 2 is 1.22 bits per heavy atom. The Morgan fingerprint density at radius 1 is 0.528 bits per heavy atom. The summed E-state index contributed by atoms with van der Waals surface area (Å²) < 4.78 is 100.0. The normalized spacial score (nSPS) is 18.4. The van der Waals surface area contributed by atoms with Crippen LogP contribution in [0, 0.1) is 57.6 Å². The molecule has 1 aliphatic carbocycles. The van der Waals surface area contributed by atoms with Gasteiger partial charge in [0.1, 0.15) is 22.7 Å². The molecule has 7 aromatic carbocycles. The first kappa shape index (κ1) is 36.6. The van der Waals surface area contributed by atoms with Crippen LogP contribution in [0.15, 0.2) is 156 Å². The first-order valence-electron chi connectivity index (χ1n) is 29.9. The maximum atomic E-state index is 9.92. The number of ether oxygens (including phenoxy) is 1. The van der Waals surface area contributed by atoms with Gasteiger partial charge in [0.15, 0.2) is 0 Å². The molecular formula is C68H66N2O2. The van der Waals surface area contributed by atoms with Crippen molar-refractivity contribution in [1.29, 1.82) is 0 Å². The van der Waals surface area contributed by atoms with Crippen LogP contribution in [0.5, 0.6) is 11.5 Å². The van der Waals surface area contributed by atoms with Crippen molar-refractivity contribution in [2.24, 2.45) is 16.2 Å². The van der Waals surface area contributed by atoms with Gasteiger partial charge >= 0.3 is 0 Å². The molecule has 0 atom stereocenters. The van der Waals surface area contributed by atoms with Gasteiger partial charge in [-0.2, -0.15) is 0 Å². The molecule has 72 heavy (non-hydrogen) atoms. The van der Waals surface area contributed by atoms with Crippen LogP contribution >= 0.6 is 0 Å². The number of aryl methyl sites for hydroxylation is 5. The quantitative estimate of drug-likeness (QED) is 0.152. The molecule has 0 radical (unpaired) electrons. The molecule has 0 spiro atoms. The SMILES string of the molecule is [2H]C([2H])([2H])c1cnc(-c2cc(Oc3cc(-c4cc(-c5ccc(-c6ccc(C7([2H])CC(C)(C)C(C)(C)C(C)(C)C7)cc6C)cc5C)c(C)cn4)c4oc5cc6ccccc6cc5c4c3)c(C([2H])([2H])[2H])c(-c3ccccc3)c2)cc1C([2H])([2H])[2H]. The van der Waals surface area contributed by atoms with Crippen molar-refractivity contribution in [3.05, 3.63) is 191 Å². The van der Waals surface area contributed by atoms with Gasteiger partial charge < -0.3 is 9.15 Å². The molecule has 3 heterocycles. The summed E-state index contributed by atoms with van der Waals surface area (Å²) >= 11 is 0. The minimum Gasteiger partial charge on any atom is -0.457 e. The Balaban J connectivity index is 1.04. The molecule has 11 rings (SSSR count). The minimum atomic E-state index is -2.81. The number of hydrogen-bond acceptors (Lipinski definition) is 4. The number of fused-ring (bicyclic) bond motifs is 4. The summed E-state index contributed by atoms with van der Waals surface area (Å²) in [5.74, 6) is -0.477. The van der Waals surface area contributed by atoms with Gasteiger partial charge in [-0.1, -0.05) is 133 Å². The van der Waals surface area contributed by atoms with Gasteiger partial charge in [-0.05, 0) is 208 Å². The molecule has 360 valence electrons. The summed E-state index contributed by atoms with van der Waals surface area (Å²) in [4.78, 5) is 9.53. The summed E-state index contributed by atoms with van der Waals surface area (Å²) in [6.07, 6.45) is 4.48. The second kappa shape index (κ2) is 17.5. The van der Waals surface area contributed by atoms with E-state index in [2.05, 4.69) is 109 Å². The van der Waals surface area contributed by atoms with Crippen LogP contribution in [-0.2, 0) is 0 Å². The number of hydrogen-bond donors (Lipinski definition) is 0. The number of aromatic nitrogens is 2. The summed E-state index contributed by atoms with van der Waals surface area (Å²) in [7, 11) is 0. The van der Waals surface area contributed by atoms with Crippen molar-refractivity contribution in [2.45, 2.75) is 102 Å². The summed E-state index contributed by atoms with van der Waals surface area (Å²) in [6, 6.07) is 44.3. The molecule has 0 unspecified atom stereocenters. The third-order valence-electron chi connectivity index (χ3n) is 16.6. The molecule has 3 aromatic heterocycles. The van der Waals surface area contributed by atoms with Crippen molar-refractivity contribution >= 4 is 32.7 Å². The molecule has 1 saturated carbocycles. The van der Waals surface area contributed by atoms with Crippen LogP contribution in [0.2, 0.25) is 0 Å². The van der Waals surface area contributed by atoms with E-state index in [1.54, 1.807) is 36.4 Å². The number of nitrogens with zero attached hydrogens (tertiary/aromatic N) is 2. The highest BCUT2D eigenvalue weighted by Crippen LogP contribution is 2.63. The van der Waals surface area contributed by atoms with E-state index in [0.29, 0.717) is 44.5 Å².